The molecular formula is C33H33ClN2O7. The third kappa shape index (κ3) is 4.90. The number of carbonyl (C=O) groups excluding carboxylic acids is 1. The molecule has 0 aliphatic carbocycles. The lowest BCUT2D eigenvalue weighted by Gasteiger charge is -2.39. The Morgan fingerprint density at radius 1 is 0.953 bits per heavy atom. The number of halogens is 1. The number of ether oxygens (including phenoxy) is 2. The van der Waals surface area contributed by atoms with Gasteiger partial charge in [0.15, 0.2) is 5.78 Å². The van der Waals surface area contributed by atoms with E-state index in [-0.39, 0.29) is 5.78 Å². The summed E-state index contributed by atoms with van der Waals surface area (Å²) in [5.74, 6) is 0.217. The van der Waals surface area contributed by atoms with Crippen molar-refractivity contribution in [1.29, 1.82) is 0 Å². The van der Waals surface area contributed by atoms with Crippen molar-refractivity contribution in [3.63, 3.8) is 0 Å². The lowest BCUT2D eigenvalue weighted by molar-refractivity contribution is -0.277. The second-order valence-electron chi connectivity index (χ2n) is 11.5. The maximum atomic E-state index is 14.2. The van der Waals surface area contributed by atoms with Gasteiger partial charge in [-0.1, -0.05) is 23.7 Å². The zero-order chi connectivity index (χ0) is 29.8. The molecular weight excluding hydrogens is 572 g/mol. The van der Waals surface area contributed by atoms with Gasteiger partial charge < -0.3 is 39.4 Å². The highest BCUT2D eigenvalue weighted by Gasteiger charge is 2.45. The highest BCUT2D eigenvalue weighted by molar-refractivity contribution is 6.31. The van der Waals surface area contributed by atoms with Crippen LogP contribution in [-0.2, 0) is 17.6 Å². The lowest BCUT2D eigenvalue weighted by atomic mass is 9.88. The van der Waals surface area contributed by atoms with Crippen LogP contribution in [0.1, 0.15) is 39.9 Å². The molecule has 10 heteroatoms. The van der Waals surface area contributed by atoms with Crippen LogP contribution in [0.5, 0.6) is 5.75 Å². The number of aromatic nitrogens is 1. The van der Waals surface area contributed by atoms with Gasteiger partial charge in [0.05, 0.1) is 24.0 Å². The SMILES string of the molecule is O=C(c1cc2c3c(c1)CCCN3CCC2)c1ccccc1-n1cc(O[C@@H]2O[C@H](CO)[C@H](O)[C@H](O)[C@H]2O)c2ccc(Cl)cc21. The molecule has 0 unspecified atom stereocenters. The summed E-state index contributed by atoms with van der Waals surface area (Å²) in [5.41, 5.74) is 6.23. The van der Waals surface area contributed by atoms with E-state index in [9.17, 15) is 25.2 Å². The van der Waals surface area contributed by atoms with Crippen molar-refractivity contribution in [2.45, 2.75) is 56.4 Å². The number of aliphatic hydroxyl groups excluding tert-OH is 4. The van der Waals surface area contributed by atoms with Gasteiger partial charge in [-0.3, -0.25) is 4.79 Å². The van der Waals surface area contributed by atoms with Crippen LogP contribution < -0.4 is 9.64 Å². The summed E-state index contributed by atoms with van der Waals surface area (Å²) in [6, 6.07) is 16.7. The van der Waals surface area contributed by atoms with Crippen molar-refractivity contribution in [2.24, 2.45) is 0 Å². The van der Waals surface area contributed by atoms with Gasteiger partial charge >= 0.3 is 0 Å². The number of benzene rings is 3. The van der Waals surface area contributed by atoms with Crippen molar-refractivity contribution in [1.82, 2.24) is 4.57 Å². The number of anilines is 1. The summed E-state index contributed by atoms with van der Waals surface area (Å²) in [5, 5.41) is 41.8. The van der Waals surface area contributed by atoms with E-state index < -0.39 is 37.3 Å². The zero-order valence-corrected chi connectivity index (χ0v) is 24.2. The molecule has 4 N–H and O–H groups in total. The molecule has 3 aliphatic rings. The van der Waals surface area contributed by atoms with Crippen molar-refractivity contribution >= 4 is 34.0 Å². The number of hydrogen-bond acceptors (Lipinski definition) is 8. The van der Waals surface area contributed by atoms with Gasteiger partial charge in [-0.15, -0.1) is 0 Å². The molecule has 0 spiro atoms. The van der Waals surface area contributed by atoms with Gasteiger partial charge in [0, 0.05) is 40.3 Å². The highest BCUT2D eigenvalue weighted by atomic mass is 35.5. The molecule has 9 nitrogen and oxygen atoms in total. The predicted molar refractivity (Wildman–Crippen MR) is 161 cm³/mol. The van der Waals surface area contributed by atoms with Crippen LogP contribution in [0, 0.1) is 0 Å². The Kier molecular flexibility index (Phi) is 7.41. The topological polar surface area (TPSA) is 125 Å². The van der Waals surface area contributed by atoms with E-state index in [0.29, 0.717) is 38.5 Å². The Morgan fingerprint density at radius 2 is 1.67 bits per heavy atom. The van der Waals surface area contributed by atoms with Crippen LogP contribution >= 0.6 is 11.6 Å². The van der Waals surface area contributed by atoms with E-state index in [2.05, 4.69) is 4.90 Å². The maximum Gasteiger partial charge on any atom is 0.229 e. The van der Waals surface area contributed by atoms with Crippen LogP contribution in [0.2, 0.25) is 5.02 Å². The number of rotatable bonds is 6. The lowest BCUT2D eigenvalue weighted by Crippen LogP contribution is -2.60. The molecule has 1 aromatic heterocycles. The average molecular weight is 605 g/mol. The molecule has 1 fully saturated rings. The Labute approximate surface area is 253 Å². The standard InChI is InChI=1S/C33H33ClN2O7/c34-21-9-10-22-25(15-21)36(16-26(22)42-33-32(41)31(40)30(39)27(17-37)43-33)24-8-2-1-7-23(24)29(38)20-13-18-5-3-11-35-12-4-6-19(14-20)28(18)35/h1-2,7-10,13-16,27,30-33,37,39-41H,3-6,11-12,17H2/t27-,30+,31+,32-,33-/m1/s1. The van der Waals surface area contributed by atoms with Gasteiger partial charge in [-0.2, -0.15) is 0 Å². The molecule has 3 aliphatic heterocycles. The normalized spacial score (nSPS) is 25.0. The average Bonchev–Trinajstić information content (AvgIpc) is 3.38. The summed E-state index contributed by atoms with van der Waals surface area (Å²) in [6.07, 6.45) is -1.37. The molecule has 5 atom stereocenters. The number of carbonyl (C=O) groups is 1. The zero-order valence-electron chi connectivity index (χ0n) is 23.4. The fraction of sp³-hybridized carbons (Fsp3) is 0.364. The summed E-state index contributed by atoms with van der Waals surface area (Å²) in [6.45, 7) is 1.56. The number of ketones is 1. The number of aryl methyl sites for hydroxylation is 2. The van der Waals surface area contributed by atoms with Crippen molar-refractivity contribution in [3.8, 4) is 11.4 Å². The van der Waals surface area contributed by atoms with Crippen LogP contribution in [-0.4, -0.2) is 81.2 Å². The van der Waals surface area contributed by atoms with E-state index in [4.69, 9.17) is 21.1 Å². The minimum Gasteiger partial charge on any atom is -0.460 e. The Morgan fingerprint density at radius 3 is 2.40 bits per heavy atom. The Hall–Kier alpha value is -3.44. The second-order valence-corrected chi connectivity index (χ2v) is 12.0. The van der Waals surface area contributed by atoms with E-state index in [1.54, 1.807) is 24.4 Å². The minimum absolute atomic E-state index is 0.0855. The molecule has 7 rings (SSSR count). The second kappa shape index (κ2) is 11.2. The van der Waals surface area contributed by atoms with Crippen LogP contribution in [0.4, 0.5) is 5.69 Å². The molecule has 4 aromatic rings. The molecule has 43 heavy (non-hydrogen) atoms. The fourth-order valence-corrected chi connectivity index (χ4v) is 6.88. The van der Waals surface area contributed by atoms with Crippen molar-refractivity contribution in [2.75, 3.05) is 24.6 Å². The first-order valence-electron chi connectivity index (χ1n) is 14.7. The monoisotopic (exact) mass is 604 g/mol. The molecule has 0 amide bonds. The highest BCUT2D eigenvalue weighted by Crippen LogP contribution is 2.38. The maximum absolute atomic E-state index is 14.2. The third-order valence-electron chi connectivity index (χ3n) is 8.83. The van der Waals surface area contributed by atoms with Crippen LogP contribution in [0.3, 0.4) is 0 Å². The van der Waals surface area contributed by atoms with E-state index in [1.165, 1.54) is 16.8 Å². The first-order valence-corrected chi connectivity index (χ1v) is 15.0. The minimum atomic E-state index is -1.58. The van der Waals surface area contributed by atoms with Crippen molar-refractivity contribution in [3.05, 3.63) is 88.1 Å². The number of fused-ring (bicyclic) bond motifs is 1. The number of hydrogen-bond donors (Lipinski definition) is 4. The molecule has 4 heterocycles. The molecule has 0 saturated carbocycles. The van der Waals surface area contributed by atoms with Crippen LogP contribution in [0.25, 0.3) is 16.6 Å². The predicted octanol–water partition coefficient (Wildman–Crippen LogP) is 3.39. The Bertz CT molecular complexity index is 1670. The van der Waals surface area contributed by atoms with Gasteiger partial charge in [0.2, 0.25) is 6.29 Å². The smallest absolute Gasteiger partial charge is 0.229 e. The number of nitrogens with zero attached hydrogens (tertiary/aromatic N) is 2. The summed E-state index contributed by atoms with van der Waals surface area (Å²) >= 11 is 6.41. The van der Waals surface area contributed by atoms with Gasteiger partial charge in [-0.25, -0.2) is 0 Å². The first kappa shape index (κ1) is 28.3. The molecule has 224 valence electrons. The Balaban J connectivity index is 1.29. The number of para-hydroxylation sites is 1. The van der Waals surface area contributed by atoms with E-state index >= 15 is 0 Å². The first-order chi connectivity index (χ1) is 20.8. The third-order valence-corrected chi connectivity index (χ3v) is 9.06. The van der Waals surface area contributed by atoms with Crippen molar-refractivity contribution < 1.29 is 34.7 Å². The largest absolute Gasteiger partial charge is 0.460 e. The molecule has 1 saturated heterocycles. The quantitative estimate of drug-likeness (QED) is 0.247. The number of aliphatic hydroxyl groups is 4. The summed E-state index contributed by atoms with van der Waals surface area (Å²) in [4.78, 5) is 16.6. The van der Waals surface area contributed by atoms with E-state index in [0.717, 1.165) is 38.8 Å². The van der Waals surface area contributed by atoms with Gasteiger partial charge in [0.1, 0.15) is 30.2 Å². The fourth-order valence-electron chi connectivity index (χ4n) is 6.72. The summed E-state index contributed by atoms with van der Waals surface area (Å²) < 4.78 is 13.5. The summed E-state index contributed by atoms with van der Waals surface area (Å²) in [7, 11) is 0. The van der Waals surface area contributed by atoms with Gasteiger partial charge in [-0.05, 0) is 79.3 Å². The molecule has 3 aromatic carbocycles. The van der Waals surface area contributed by atoms with Crippen LogP contribution in [0.15, 0.2) is 60.8 Å². The molecule has 0 bridgehead atoms. The van der Waals surface area contributed by atoms with E-state index in [1.807, 2.05) is 41.0 Å². The molecule has 0 radical (unpaired) electrons. The van der Waals surface area contributed by atoms with Gasteiger partial charge in [0.25, 0.3) is 0 Å².